The zero-order valence-corrected chi connectivity index (χ0v) is 14.9. The second-order valence-corrected chi connectivity index (χ2v) is 6.50. The Hall–Kier alpha value is -1.01. The monoisotopic (exact) mass is 359 g/mol. The number of hydrogen-bond donors (Lipinski definition) is 2. The van der Waals surface area contributed by atoms with Gasteiger partial charge in [0, 0.05) is 36.2 Å². The predicted octanol–water partition coefficient (Wildman–Crippen LogP) is 3.01. The van der Waals surface area contributed by atoms with E-state index in [2.05, 4.69) is 10.3 Å². The van der Waals surface area contributed by atoms with E-state index < -0.39 is 0 Å². The number of halogens is 2. The number of methoxy groups -OCH3 is 1. The number of rotatable bonds is 5. The van der Waals surface area contributed by atoms with Crippen molar-refractivity contribution in [2.75, 3.05) is 26.9 Å². The molecule has 1 heterocycles. The van der Waals surface area contributed by atoms with Gasteiger partial charge in [0.15, 0.2) is 5.96 Å². The number of nitrogens with zero attached hydrogens (tertiary/aromatic N) is 1. The Morgan fingerprint density at radius 3 is 3.00 bits per heavy atom. The van der Waals surface area contributed by atoms with Crippen molar-refractivity contribution >= 4 is 29.2 Å². The molecule has 3 N–H and O–H groups in total. The Bertz CT molecular complexity index is 554. The van der Waals surface area contributed by atoms with Gasteiger partial charge in [-0.05, 0) is 31.0 Å². The first-order valence-electron chi connectivity index (χ1n) is 7.63. The first-order valence-corrected chi connectivity index (χ1v) is 8.38. The molecule has 1 aliphatic rings. The third kappa shape index (κ3) is 5.24. The maximum Gasteiger partial charge on any atom is 0.189 e. The zero-order chi connectivity index (χ0) is 16.8. The summed E-state index contributed by atoms with van der Waals surface area (Å²) >= 11 is 12.1. The minimum atomic E-state index is -0.0589. The Morgan fingerprint density at radius 2 is 2.30 bits per heavy atom. The van der Waals surface area contributed by atoms with Gasteiger partial charge in [-0.25, -0.2) is 0 Å². The van der Waals surface area contributed by atoms with Crippen LogP contribution in [0.25, 0.3) is 0 Å². The van der Waals surface area contributed by atoms with Crippen molar-refractivity contribution in [3.8, 4) is 0 Å². The van der Waals surface area contributed by atoms with E-state index in [0.717, 1.165) is 18.6 Å². The second kappa shape index (κ2) is 8.73. The van der Waals surface area contributed by atoms with Crippen molar-refractivity contribution in [2.24, 2.45) is 16.6 Å². The summed E-state index contributed by atoms with van der Waals surface area (Å²) in [5.74, 6) is 0.716. The van der Waals surface area contributed by atoms with Crippen LogP contribution in [0.1, 0.15) is 24.9 Å². The van der Waals surface area contributed by atoms with Crippen molar-refractivity contribution < 1.29 is 9.47 Å². The molecule has 1 aromatic rings. The lowest BCUT2D eigenvalue weighted by Crippen LogP contribution is -2.38. The highest BCUT2D eigenvalue weighted by Gasteiger charge is 2.25. The lowest BCUT2D eigenvalue weighted by molar-refractivity contribution is -0.0624. The highest BCUT2D eigenvalue weighted by molar-refractivity contribution is 6.35. The van der Waals surface area contributed by atoms with Crippen molar-refractivity contribution in [2.45, 2.75) is 25.5 Å². The third-order valence-electron chi connectivity index (χ3n) is 4.03. The Kier molecular flexibility index (Phi) is 6.96. The fourth-order valence-electron chi connectivity index (χ4n) is 2.64. The van der Waals surface area contributed by atoms with Gasteiger partial charge >= 0.3 is 0 Å². The van der Waals surface area contributed by atoms with E-state index in [0.29, 0.717) is 35.1 Å². The highest BCUT2D eigenvalue weighted by atomic mass is 35.5. The molecule has 0 radical (unpaired) electrons. The van der Waals surface area contributed by atoms with Crippen LogP contribution in [-0.2, 0) is 9.47 Å². The first kappa shape index (κ1) is 18.3. The molecule has 0 amide bonds. The molecule has 0 aliphatic carbocycles. The molecule has 1 saturated heterocycles. The van der Waals surface area contributed by atoms with Gasteiger partial charge in [-0.3, -0.25) is 4.99 Å². The summed E-state index contributed by atoms with van der Waals surface area (Å²) in [5.41, 5.74) is 6.92. The fraction of sp³-hybridized carbons (Fsp3) is 0.562. The van der Waals surface area contributed by atoms with Crippen molar-refractivity contribution in [3.63, 3.8) is 0 Å². The van der Waals surface area contributed by atoms with Crippen LogP contribution in [0, 0.1) is 5.92 Å². The Morgan fingerprint density at radius 1 is 1.52 bits per heavy atom. The molecule has 0 saturated carbocycles. The van der Waals surface area contributed by atoms with Crippen LogP contribution in [0.4, 0.5) is 0 Å². The summed E-state index contributed by atoms with van der Waals surface area (Å²) in [6.45, 7) is 3.94. The minimum Gasteiger partial charge on any atom is -0.379 e. The summed E-state index contributed by atoms with van der Waals surface area (Å²) in [4.78, 5) is 4.44. The van der Waals surface area contributed by atoms with Crippen molar-refractivity contribution in [3.05, 3.63) is 33.8 Å². The van der Waals surface area contributed by atoms with Gasteiger partial charge in [0.1, 0.15) is 0 Å². The average molecular weight is 360 g/mol. The molecular formula is C16H23Cl2N3O2. The quantitative estimate of drug-likeness (QED) is 0.626. The lowest BCUT2D eigenvalue weighted by Gasteiger charge is -2.29. The number of hydrogen-bond acceptors (Lipinski definition) is 3. The zero-order valence-electron chi connectivity index (χ0n) is 13.4. The molecule has 3 unspecified atom stereocenters. The number of nitrogens with one attached hydrogen (secondary N) is 1. The Labute approximate surface area is 147 Å². The molecule has 7 heteroatoms. The molecular weight excluding hydrogens is 337 g/mol. The summed E-state index contributed by atoms with van der Waals surface area (Å²) < 4.78 is 10.8. The van der Waals surface area contributed by atoms with Gasteiger partial charge in [-0.1, -0.05) is 29.3 Å². The van der Waals surface area contributed by atoms with Gasteiger partial charge in [-0.15, -0.1) is 0 Å². The molecule has 1 aliphatic heterocycles. The standard InChI is InChI=1S/C16H23Cl2N3O2/c1-10(13-4-3-12(17)7-14(13)18)21-16(19)20-8-11-5-6-23-9-15(11)22-2/h3-4,7,10-11,15H,5-6,8-9H2,1-2H3,(H3,19,20,21). The summed E-state index contributed by atoms with van der Waals surface area (Å²) in [6.07, 6.45) is 0.997. The molecule has 128 valence electrons. The van der Waals surface area contributed by atoms with Gasteiger partial charge in [0.25, 0.3) is 0 Å². The van der Waals surface area contributed by atoms with E-state index in [4.69, 9.17) is 38.4 Å². The average Bonchev–Trinajstić information content (AvgIpc) is 2.53. The topological polar surface area (TPSA) is 68.9 Å². The van der Waals surface area contributed by atoms with Crippen LogP contribution in [0.5, 0.6) is 0 Å². The van der Waals surface area contributed by atoms with Crippen LogP contribution in [0.2, 0.25) is 10.0 Å². The lowest BCUT2D eigenvalue weighted by atomic mass is 9.97. The van der Waals surface area contributed by atoms with E-state index in [9.17, 15) is 0 Å². The van der Waals surface area contributed by atoms with E-state index in [1.54, 1.807) is 19.2 Å². The van der Waals surface area contributed by atoms with E-state index in [1.165, 1.54) is 0 Å². The van der Waals surface area contributed by atoms with Crippen LogP contribution in [-0.4, -0.2) is 38.9 Å². The number of aliphatic imine (C=N–C) groups is 1. The molecule has 23 heavy (non-hydrogen) atoms. The SMILES string of the molecule is COC1COCCC1CN=C(N)NC(C)c1ccc(Cl)cc1Cl. The van der Waals surface area contributed by atoms with Crippen LogP contribution in [0.3, 0.4) is 0 Å². The van der Waals surface area contributed by atoms with Crippen LogP contribution >= 0.6 is 23.2 Å². The largest absolute Gasteiger partial charge is 0.379 e. The molecule has 5 nitrogen and oxygen atoms in total. The number of guanidine groups is 1. The molecule has 0 aromatic heterocycles. The molecule has 2 rings (SSSR count). The van der Waals surface area contributed by atoms with Gasteiger partial charge < -0.3 is 20.5 Å². The molecule has 0 spiro atoms. The van der Waals surface area contributed by atoms with Crippen LogP contribution < -0.4 is 11.1 Å². The normalized spacial score (nSPS) is 23.6. The maximum atomic E-state index is 6.21. The van der Waals surface area contributed by atoms with Gasteiger partial charge in [0.05, 0.1) is 18.8 Å². The number of benzene rings is 1. The minimum absolute atomic E-state index is 0.0589. The predicted molar refractivity (Wildman–Crippen MR) is 94.2 cm³/mol. The number of nitrogens with two attached hydrogens (primary N) is 1. The summed E-state index contributed by atoms with van der Waals surface area (Å²) in [6, 6.07) is 5.35. The Balaban J connectivity index is 1.93. The first-order chi connectivity index (χ1) is 11.0. The van der Waals surface area contributed by atoms with E-state index in [1.807, 2.05) is 13.0 Å². The highest BCUT2D eigenvalue weighted by Crippen LogP contribution is 2.26. The van der Waals surface area contributed by atoms with E-state index in [-0.39, 0.29) is 12.1 Å². The summed E-state index contributed by atoms with van der Waals surface area (Å²) in [5, 5.41) is 4.37. The number of ether oxygens (including phenoxy) is 2. The fourth-order valence-corrected chi connectivity index (χ4v) is 3.21. The van der Waals surface area contributed by atoms with E-state index >= 15 is 0 Å². The van der Waals surface area contributed by atoms with Gasteiger partial charge in [-0.2, -0.15) is 0 Å². The van der Waals surface area contributed by atoms with Crippen LogP contribution in [0.15, 0.2) is 23.2 Å². The molecule has 3 atom stereocenters. The third-order valence-corrected chi connectivity index (χ3v) is 4.60. The van der Waals surface area contributed by atoms with Crippen molar-refractivity contribution in [1.29, 1.82) is 0 Å². The van der Waals surface area contributed by atoms with Gasteiger partial charge in [0.2, 0.25) is 0 Å². The van der Waals surface area contributed by atoms with Crippen molar-refractivity contribution in [1.82, 2.24) is 5.32 Å². The molecule has 1 aromatic carbocycles. The molecule has 0 bridgehead atoms. The maximum absolute atomic E-state index is 6.21. The smallest absolute Gasteiger partial charge is 0.189 e. The summed E-state index contributed by atoms with van der Waals surface area (Å²) in [7, 11) is 1.70. The second-order valence-electron chi connectivity index (χ2n) is 5.66. The molecule has 1 fully saturated rings.